The van der Waals surface area contributed by atoms with Crippen molar-refractivity contribution in [3.63, 3.8) is 0 Å². The molecule has 106 valence electrons. The van der Waals surface area contributed by atoms with Gasteiger partial charge in [0.05, 0.1) is 22.4 Å². The molecule has 4 heteroatoms. The number of benzene rings is 1. The molecule has 1 aromatic carbocycles. The highest BCUT2D eigenvalue weighted by Gasteiger charge is 2.20. The lowest BCUT2D eigenvalue weighted by molar-refractivity contribution is 0.641. The van der Waals surface area contributed by atoms with Crippen LogP contribution in [0.15, 0.2) is 28.7 Å². The number of fused-ring (bicyclic) bond motifs is 1. The molecule has 1 aromatic heterocycles. The van der Waals surface area contributed by atoms with Gasteiger partial charge in [-0.1, -0.05) is 25.1 Å². The molecule has 0 amide bonds. The first-order valence-electron chi connectivity index (χ1n) is 7.23. The summed E-state index contributed by atoms with van der Waals surface area (Å²) in [6, 6.07) is 8.75. The van der Waals surface area contributed by atoms with Crippen LogP contribution in [0, 0.1) is 0 Å². The van der Waals surface area contributed by atoms with Crippen molar-refractivity contribution in [2.24, 2.45) is 7.05 Å². The molecule has 2 aromatic rings. The van der Waals surface area contributed by atoms with Crippen LogP contribution in [0.5, 0.6) is 0 Å². The first-order valence-corrected chi connectivity index (χ1v) is 8.03. The average Bonchev–Trinajstić information content (AvgIpc) is 2.75. The SMILES string of the molecule is CCc1nn(C)c(CN2CCCc3ccccc32)c1Br. The molecule has 0 saturated heterocycles. The number of halogens is 1. The molecule has 3 rings (SSSR count). The number of nitrogens with zero attached hydrogens (tertiary/aromatic N) is 3. The van der Waals surface area contributed by atoms with E-state index in [9.17, 15) is 0 Å². The summed E-state index contributed by atoms with van der Waals surface area (Å²) in [5.41, 5.74) is 5.25. The molecule has 0 bridgehead atoms. The third-order valence-corrected chi connectivity index (χ3v) is 4.97. The van der Waals surface area contributed by atoms with E-state index in [4.69, 9.17) is 0 Å². The summed E-state index contributed by atoms with van der Waals surface area (Å²) in [5.74, 6) is 0. The monoisotopic (exact) mass is 333 g/mol. The molecule has 0 fully saturated rings. The molecule has 1 aliphatic rings. The van der Waals surface area contributed by atoms with Crippen LogP contribution in [-0.2, 0) is 26.4 Å². The highest BCUT2D eigenvalue weighted by atomic mass is 79.9. The molecule has 20 heavy (non-hydrogen) atoms. The van der Waals surface area contributed by atoms with Crippen LogP contribution < -0.4 is 4.90 Å². The number of anilines is 1. The predicted octanol–water partition coefficient (Wildman–Crippen LogP) is 3.70. The van der Waals surface area contributed by atoms with Crippen LogP contribution in [0.4, 0.5) is 5.69 Å². The van der Waals surface area contributed by atoms with Crippen LogP contribution in [0.3, 0.4) is 0 Å². The van der Waals surface area contributed by atoms with Crippen LogP contribution in [0.1, 0.15) is 30.3 Å². The van der Waals surface area contributed by atoms with Gasteiger partial charge in [0, 0.05) is 19.3 Å². The second kappa shape index (κ2) is 5.60. The van der Waals surface area contributed by atoms with Gasteiger partial charge in [-0.3, -0.25) is 4.68 Å². The van der Waals surface area contributed by atoms with Crippen LogP contribution >= 0.6 is 15.9 Å². The molecule has 2 heterocycles. The summed E-state index contributed by atoms with van der Waals surface area (Å²) in [5, 5.41) is 4.59. The van der Waals surface area contributed by atoms with E-state index in [1.807, 2.05) is 11.7 Å². The van der Waals surface area contributed by atoms with Gasteiger partial charge in [0.2, 0.25) is 0 Å². The molecular formula is C16H20BrN3. The number of aryl methyl sites for hydroxylation is 3. The summed E-state index contributed by atoms with van der Waals surface area (Å²) in [4.78, 5) is 2.47. The van der Waals surface area contributed by atoms with E-state index in [1.165, 1.54) is 34.3 Å². The second-order valence-corrected chi connectivity index (χ2v) is 6.13. The molecule has 3 nitrogen and oxygen atoms in total. The molecule has 0 N–H and O–H groups in total. The maximum absolute atomic E-state index is 4.59. The Bertz CT molecular complexity index is 618. The molecule has 0 aliphatic carbocycles. The van der Waals surface area contributed by atoms with Gasteiger partial charge in [0.15, 0.2) is 0 Å². The standard InChI is InChI=1S/C16H20BrN3/c1-3-13-16(17)15(19(2)18-13)11-20-10-6-8-12-7-4-5-9-14(12)20/h4-5,7,9H,3,6,8,10-11H2,1-2H3. The van der Waals surface area contributed by atoms with Crippen molar-refractivity contribution < 1.29 is 0 Å². The maximum Gasteiger partial charge on any atom is 0.0767 e. The first kappa shape index (κ1) is 13.7. The van der Waals surface area contributed by atoms with Crippen LogP contribution in [-0.4, -0.2) is 16.3 Å². The van der Waals surface area contributed by atoms with E-state index >= 15 is 0 Å². The van der Waals surface area contributed by atoms with Crippen LogP contribution in [0.25, 0.3) is 0 Å². The lowest BCUT2D eigenvalue weighted by Gasteiger charge is -2.31. The summed E-state index contributed by atoms with van der Waals surface area (Å²) >= 11 is 3.72. The fourth-order valence-corrected chi connectivity index (χ4v) is 3.69. The molecule has 0 spiro atoms. The van der Waals surface area contributed by atoms with Crippen molar-refractivity contribution in [3.05, 3.63) is 45.7 Å². The normalized spacial score (nSPS) is 14.4. The molecular weight excluding hydrogens is 314 g/mol. The van der Waals surface area contributed by atoms with Gasteiger partial charge in [0.1, 0.15) is 0 Å². The zero-order valence-corrected chi connectivity index (χ0v) is 13.7. The van der Waals surface area contributed by atoms with Crippen molar-refractivity contribution in [3.8, 4) is 0 Å². The summed E-state index contributed by atoms with van der Waals surface area (Å²) < 4.78 is 3.19. The zero-order chi connectivity index (χ0) is 14.1. The van der Waals surface area contributed by atoms with Gasteiger partial charge in [-0.25, -0.2) is 0 Å². The molecule has 0 saturated carbocycles. The first-order chi connectivity index (χ1) is 9.70. The van der Waals surface area contributed by atoms with Gasteiger partial charge in [-0.2, -0.15) is 5.10 Å². The van der Waals surface area contributed by atoms with Crippen molar-refractivity contribution in [1.29, 1.82) is 0 Å². The van der Waals surface area contributed by atoms with E-state index in [0.29, 0.717) is 0 Å². The smallest absolute Gasteiger partial charge is 0.0767 e. The Balaban J connectivity index is 1.91. The van der Waals surface area contributed by atoms with Gasteiger partial charge in [-0.05, 0) is 46.8 Å². The Morgan fingerprint density at radius 1 is 1.30 bits per heavy atom. The summed E-state index contributed by atoms with van der Waals surface area (Å²) in [6.07, 6.45) is 3.39. The van der Waals surface area contributed by atoms with Crippen molar-refractivity contribution in [1.82, 2.24) is 9.78 Å². The van der Waals surface area contributed by atoms with Gasteiger partial charge < -0.3 is 4.90 Å². The second-order valence-electron chi connectivity index (χ2n) is 5.34. The third kappa shape index (κ3) is 2.37. The van der Waals surface area contributed by atoms with Gasteiger partial charge >= 0.3 is 0 Å². The Hall–Kier alpha value is -1.29. The van der Waals surface area contributed by atoms with E-state index in [0.717, 1.165) is 25.2 Å². The lowest BCUT2D eigenvalue weighted by Crippen LogP contribution is -2.29. The fraction of sp³-hybridized carbons (Fsp3) is 0.438. The Morgan fingerprint density at radius 2 is 2.10 bits per heavy atom. The van der Waals surface area contributed by atoms with Gasteiger partial charge in [-0.15, -0.1) is 0 Å². The minimum atomic E-state index is 0.918. The quantitative estimate of drug-likeness (QED) is 0.853. The Labute approximate surface area is 128 Å². The number of para-hydroxylation sites is 1. The Morgan fingerprint density at radius 3 is 2.85 bits per heavy atom. The largest absolute Gasteiger partial charge is 0.365 e. The van der Waals surface area contributed by atoms with Crippen molar-refractivity contribution >= 4 is 21.6 Å². The van der Waals surface area contributed by atoms with Crippen molar-refractivity contribution in [2.45, 2.75) is 32.7 Å². The minimum Gasteiger partial charge on any atom is -0.365 e. The fourth-order valence-electron chi connectivity index (χ4n) is 2.95. The highest BCUT2D eigenvalue weighted by molar-refractivity contribution is 9.10. The third-order valence-electron chi connectivity index (χ3n) is 4.05. The summed E-state index contributed by atoms with van der Waals surface area (Å²) in [6.45, 7) is 4.18. The molecule has 1 aliphatic heterocycles. The number of hydrogen-bond donors (Lipinski definition) is 0. The van der Waals surface area contributed by atoms with E-state index in [-0.39, 0.29) is 0 Å². The zero-order valence-electron chi connectivity index (χ0n) is 12.1. The van der Waals surface area contributed by atoms with E-state index in [1.54, 1.807) is 0 Å². The average molecular weight is 334 g/mol. The Kier molecular flexibility index (Phi) is 3.83. The molecule has 0 unspecified atom stereocenters. The van der Waals surface area contributed by atoms with Crippen molar-refractivity contribution in [2.75, 3.05) is 11.4 Å². The van der Waals surface area contributed by atoms with Gasteiger partial charge in [0.25, 0.3) is 0 Å². The van der Waals surface area contributed by atoms with E-state index < -0.39 is 0 Å². The van der Waals surface area contributed by atoms with Crippen LogP contribution in [0.2, 0.25) is 0 Å². The number of rotatable bonds is 3. The number of aromatic nitrogens is 2. The topological polar surface area (TPSA) is 21.1 Å². The lowest BCUT2D eigenvalue weighted by atomic mass is 10.0. The molecule has 0 radical (unpaired) electrons. The number of hydrogen-bond acceptors (Lipinski definition) is 2. The predicted molar refractivity (Wildman–Crippen MR) is 86.1 cm³/mol. The highest BCUT2D eigenvalue weighted by Crippen LogP contribution is 2.30. The summed E-state index contributed by atoms with van der Waals surface area (Å²) in [7, 11) is 2.04. The molecule has 0 atom stereocenters. The maximum atomic E-state index is 4.59. The van der Waals surface area contributed by atoms with E-state index in [2.05, 4.69) is 57.1 Å². The minimum absolute atomic E-state index is 0.918.